The molecule has 158 valence electrons. The van der Waals surface area contributed by atoms with Crippen LogP contribution in [0.2, 0.25) is 0 Å². The number of sulfone groups is 1. The molecule has 0 unspecified atom stereocenters. The molecule has 0 radical (unpaired) electrons. The topological polar surface area (TPSA) is 87.3 Å². The molecule has 0 spiro atoms. The highest BCUT2D eigenvalue weighted by atomic mass is 32.2. The summed E-state index contributed by atoms with van der Waals surface area (Å²) in [5.74, 6) is 0.837. The van der Waals surface area contributed by atoms with Gasteiger partial charge in [0, 0.05) is 19.0 Å². The van der Waals surface area contributed by atoms with Crippen molar-refractivity contribution >= 4 is 15.7 Å². The number of nitrogens with zero attached hydrogens (tertiary/aromatic N) is 2. The molecule has 2 N–H and O–H groups in total. The molecule has 2 aromatic rings. The monoisotopic (exact) mass is 418 g/mol. The van der Waals surface area contributed by atoms with E-state index in [4.69, 9.17) is 9.72 Å². The molecule has 2 aliphatic heterocycles. The Labute approximate surface area is 172 Å². The number of hydrogen-bond acceptors (Lipinski definition) is 6. The summed E-state index contributed by atoms with van der Waals surface area (Å²) in [6, 6.07) is 8.12. The number of ether oxygens (including phenoxy) is 1. The Hall–Kier alpha value is -1.90. The van der Waals surface area contributed by atoms with E-state index in [9.17, 15) is 8.42 Å². The maximum absolute atomic E-state index is 13.0. The largest absolute Gasteiger partial charge is 0.377 e. The van der Waals surface area contributed by atoms with Gasteiger partial charge in [-0.15, -0.1) is 0 Å². The molecule has 29 heavy (non-hydrogen) atoms. The van der Waals surface area contributed by atoms with Gasteiger partial charge in [-0.1, -0.05) is 6.92 Å². The number of rotatable bonds is 5. The van der Waals surface area contributed by atoms with Crippen molar-refractivity contribution < 1.29 is 13.2 Å². The molecule has 8 heteroatoms. The number of aromatic nitrogens is 2. The van der Waals surface area contributed by atoms with E-state index in [1.165, 1.54) is 6.26 Å². The van der Waals surface area contributed by atoms with Crippen molar-refractivity contribution in [1.82, 2.24) is 15.3 Å². The fourth-order valence-corrected chi connectivity index (χ4v) is 6.04. The lowest BCUT2D eigenvalue weighted by molar-refractivity contribution is 0.0925. The van der Waals surface area contributed by atoms with E-state index in [1.54, 1.807) is 0 Å². The molecule has 2 aliphatic rings. The highest BCUT2D eigenvalue weighted by molar-refractivity contribution is 7.91. The third-order valence-corrected chi connectivity index (χ3v) is 8.39. The zero-order valence-corrected chi connectivity index (χ0v) is 18.0. The number of aromatic amines is 1. The summed E-state index contributed by atoms with van der Waals surface area (Å²) >= 11 is 0. The Morgan fingerprint density at radius 3 is 2.76 bits per heavy atom. The fourth-order valence-electron chi connectivity index (χ4n) is 4.55. The van der Waals surface area contributed by atoms with Crippen LogP contribution in [0.15, 0.2) is 30.5 Å². The Morgan fingerprint density at radius 1 is 1.31 bits per heavy atom. The van der Waals surface area contributed by atoms with Crippen molar-refractivity contribution in [2.45, 2.75) is 37.0 Å². The van der Waals surface area contributed by atoms with Crippen molar-refractivity contribution in [2.24, 2.45) is 0 Å². The predicted molar refractivity (Wildman–Crippen MR) is 115 cm³/mol. The Bertz CT molecular complexity index is 937. The second-order valence-electron chi connectivity index (χ2n) is 8.03. The Balaban J connectivity index is 1.88. The van der Waals surface area contributed by atoms with E-state index in [0.29, 0.717) is 39.1 Å². The predicted octanol–water partition coefficient (Wildman–Crippen LogP) is 2.32. The van der Waals surface area contributed by atoms with Crippen LogP contribution in [0.1, 0.15) is 31.7 Å². The zero-order valence-electron chi connectivity index (χ0n) is 17.1. The molecule has 2 aromatic heterocycles. The number of nitrogens with one attached hydrogen (secondary N) is 2. The number of hydrogen-bond donors (Lipinski definition) is 2. The number of morpholine rings is 1. The van der Waals surface area contributed by atoms with Gasteiger partial charge < -0.3 is 19.9 Å². The SMILES string of the molecule is CC[C@H]1COCCN1c1cc(C2(S(C)(=O)=O)CCNCC2)cc(-c2ccc[nH]2)n1. The van der Waals surface area contributed by atoms with E-state index in [-0.39, 0.29) is 6.04 Å². The van der Waals surface area contributed by atoms with Crippen LogP contribution in [-0.2, 0) is 19.3 Å². The van der Waals surface area contributed by atoms with Gasteiger partial charge in [0.25, 0.3) is 0 Å². The molecule has 0 saturated carbocycles. The van der Waals surface area contributed by atoms with Crippen LogP contribution in [0.5, 0.6) is 0 Å². The molecule has 0 aliphatic carbocycles. The second-order valence-corrected chi connectivity index (χ2v) is 10.4. The lowest BCUT2D eigenvalue weighted by atomic mass is 9.88. The highest BCUT2D eigenvalue weighted by Crippen LogP contribution is 2.41. The van der Waals surface area contributed by atoms with Gasteiger partial charge in [0.05, 0.1) is 35.4 Å². The van der Waals surface area contributed by atoms with Crippen LogP contribution >= 0.6 is 0 Å². The molecular weight excluding hydrogens is 388 g/mol. The van der Waals surface area contributed by atoms with Crippen molar-refractivity contribution in [3.8, 4) is 11.4 Å². The molecule has 7 nitrogen and oxygen atoms in total. The van der Waals surface area contributed by atoms with Crippen molar-refractivity contribution in [3.63, 3.8) is 0 Å². The molecule has 1 atom stereocenters. The molecule has 2 fully saturated rings. The van der Waals surface area contributed by atoms with Crippen molar-refractivity contribution in [2.75, 3.05) is 44.0 Å². The van der Waals surface area contributed by atoms with Gasteiger partial charge in [-0.05, 0) is 62.2 Å². The van der Waals surface area contributed by atoms with Gasteiger partial charge >= 0.3 is 0 Å². The van der Waals surface area contributed by atoms with E-state index in [0.717, 1.165) is 35.7 Å². The third kappa shape index (κ3) is 3.81. The first-order valence-electron chi connectivity index (χ1n) is 10.4. The maximum Gasteiger partial charge on any atom is 0.157 e. The minimum absolute atomic E-state index is 0.241. The summed E-state index contributed by atoms with van der Waals surface area (Å²) in [5.41, 5.74) is 2.52. The average Bonchev–Trinajstić information content (AvgIpc) is 3.28. The Kier molecular flexibility index (Phi) is 5.68. The minimum Gasteiger partial charge on any atom is -0.377 e. The first-order valence-corrected chi connectivity index (χ1v) is 12.2. The summed E-state index contributed by atoms with van der Waals surface area (Å²) in [7, 11) is -3.31. The lowest BCUT2D eigenvalue weighted by Gasteiger charge is -2.39. The van der Waals surface area contributed by atoms with Gasteiger partial charge in [-0.25, -0.2) is 13.4 Å². The second kappa shape index (κ2) is 8.08. The number of piperidine rings is 1. The number of H-pyrrole nitrogens is 1. The van der Waals surface area contributed by atoms with Gasteiger partial charge in [-0.3, -0.25) is 0 Å². The first kappa shape index (κ1) is 20.4. The minimum atomic E-state index is -3.31. The van der Waals surface area contributed by atoms with E-state index in [1.807, 2.05) is 30.5 Å². The van der Waals surface area contributed by atoms with Gasteiger partial charge in [-0.2, -0.15) is 0 Å². The number of pyridine rings is 1. The zero-order chi connectivity index (χ0) is 20.5. The van der Waals surface area contributed by atoms with Crippen LogP contribution < -0.4 is 10.2 Å². The quantitative estimate of drug-likeness (QED) is 0.775. The van der Waals surface area contributed by atoms with Crippen molar-refractivity contribution in [3.05, 3.63) is 36.0 Å². The average molecular weight is 419 g/mol. The third-order valence-electron chi connectivity index (χ3n) is 6.33. The smallest absolute Gasteiger partial charge is 0.157 e. The maximum atomic E-state index is 13.0. The molecule has 0 aromatic carbocycles. The lowest BCUT2D eigenvalue weighted by Crippen LogP contribution is -2.47. The Morgan fingerprint density at radius 2 is 2.10 bits per heavy atom. The van der Waals surface area contributed by atoms with Crippen LogP contribution in [0.3, 0.4) is 0 Å². The van der Waals surface area contributed by atoms with E-state index < -0.39 is 14.6 Å². The summed E-state index contributed by atoms with van der Waals surface area (Å²) in [6.45, 7) is 5.61. The molecule has 4 heterocycles. The van der Waals surface area contributed by atoms with E-state index in [2.05, 4.69) is 22.1 Å². The molecule has 0 amide bonds. The standard InChI is InChI=1S/C21H30N4O3S/c1-3-17-15-28-12-11-25(17)20-14-16(13-19(24-20)18-5-4-8-23-18)21(29(2,26)27)6-9-22-10-7-21/h4-5,8,13-14,17,22-23H,3,6-7,9-12,15H2,1-2H3/t17-/m0/s1. The fraction of sp³-hybridized carbons (Fsp3) is 0.571. The molecule has 4 rings (SSSR count). The van der Waals surface area contributed by atoms with Crippen LogP contribution in [0, 0.1) is 0 Å². The molecular formula is C21H30N4O3S. The van der Waals surface area contributed by atoms with Crippen LogP contribution in [0.4, 0.5) is 5.82 Å². The van der Waals surface area contributed by atoms with Gasteiger partial charge in [0.1, 0.15) is 5.82 Å². The normalized spacial score (nSPS) is 22.6. The summed E-state index contributed by atoms with van der Waals surface area (Å²) < 4.78 is 30.8. The number of anilines is 1. The molecule has 0 bridgehead atoms. The summed E-state index contributed by atoms with van der Waals surface area (Å²) in [4.78, 5) is 10.4. The molecule has 2 saturated heterocycles. The van der Waals surface area contributed by atoms with Gasteiger partial charge in [0.2, 0.25) is 0 Å². The van der Waals surface area contributed by atoms with E-state index >= 15 is 0 Å². The highest BCUT2D eigenvalue weighted by Gasteiger charge is 2.44. The van der Waals surface area contributed by atoms with Crippen LogP contribution in [0.25, 0.3) is 11.4 Å². The summed E-state index contributed by atoms with van der Waals surface area (Å²) in [5, 5.41) is 3.30. The van der Waals surface area contributed by atoms with Crippen LogP contribution in [-0.4, -0.2) is 63.5 Å². The van der Waals surface area contributed by atoms with Gasteiger partial charge in [0.15, 0.2) is 9.84 Å². The summed E-state index contributed by atoms with van der Waals surface area (Å²) in [6.07, 6.45) is 5.32. The first-order chi connectivity index (χ1) is 13.9. The van der Waals surface area contributed by atoms with Crippen molar-refractivity contribution in [1.29, 1.82) is 0 Å².